The van der Waals surface area contributed by atoms with Crippen LogP contribution in [0.3, 0.4) is 0 Å². The Kier molecular flexibility index (Phi) is 22.7. The monoisotopic (exact) mass is 1200 g/mol. The molecule has 0 aliphatic carbocycles. The van der Waals surface area contributed by atoms with E-state index in [9.17, 15) is 29.1 Å². The van der Waals surface area contributed by atoms with Gasteiger partial charge in [0.2, 0.25) is 11.8 Å². The Labute approximate surface area is 522 Å². The first kappa shape index (κ1) is 66.8. The number of hydrogen-bond acceptors (Lipinski definition) is 12. The van der Waals surface area contributed by atoms with Gasteiger partial charge in [-0.05, 0) is 92.6 Å². The second kappa shape index (κ2) is 30.3. The van der Waals surface area contributed by atoms with Crippen LogP contribution in [0.4, 0.5) is 27.0 Å². The predicted molar refractivity (Wildman–Crippen MR) is 355 cm³/mol. The number of nitrogens with zero attached hydrogens (tertiary/aromatic N) is 5. The molecule has 0 radical (unpaired) electrons. The van der Waals surface area contributed by atoms with Gasteiger partial charge in [-0.1, -0.05) is 179 Å². The van der Waals surface area contributed by atoms with Gasteiger partial charge < -0.3 is 46.1 Å². The quantitative estimate of drug-likeness (QED) is 0.0954. The van der Waals surface area contributed by atoms with Gasteiger partial charge in [0.25, 0.3) is 0 Å². The Morgan fingerprint density at radius 3 is 1.25 bits per heavy atom. The third-order valence-corrected chi connectivity index (χ3v) is 15.4. The minimum atomic E-state index is -0.880. The minimum Gasteiger partial charge on any atom is -0.481 e. The number of rotatable bonds is 8. The standard InChI is InChI=1S/C25H27N3O3.C20H19N3O.C16H21NO4.C9H8N2.2CH4/c1-25(2,3)31-24(30)28-15-20(17-9-5-4-6-10-17)21(16-28)23(29)27-22-19-12-8-7-11-18(19)13-14-26-22;24-20(18-13-21-12-17(18)14-6-2-1-3-7-14)23-19-16-9-5-4-8-15(16)10-11-22-19;1-16(2,3)21-15(20)17-9-12(13(10-17)14(18)19)11-7-5-4-6-8-11;10-9-8-4-2-1-3-7(8)5-6-11-9;;/h4-14,20-21H,15-16H2,1-3H3,(H,26,27,29);1-11,17-18,21H,12-13H2,(H,22,23,24);4-8,12-13H,9-10H2,1-3H3,(H,18,19);1-6H,(H2,10,11);2*1H4/t20-,21+;17-,18+;12-,13+;;;/m000.../s1. The lowest BCUT2D eigenvalue weighted by Gasteiger charge is -2.24. The van der Waals surface area contributed by atoms with Crippen molar-refractivity contribution in [3.8, 4) is 0 Å². The van der Waals surface area contributed by atoms with Crippen LogP contribution in [0.5, 0.6) is 0 Å². The van der Waals surface area contributed by atoms with Gasteiger partial charge in [-0.25, -0.2) is 24.5 Å². The number of carbonyl (C=O) groups is 5. The molecular weight excluding hydrogens is 1120 g/mol. The first-order valence-electron chi connectivity index (χ1n) is 29.2. The molecule has 17 heteroatoms. The maximum atomic E-state index is 13.4. The molecule has 464 valence electrons. The van der Waals surface area contributed by atoms with E-state index >= 15 is 0 Å². The van der Waals surface area contributed by atoms with E-state index in [1.807, 2.05) is 191 Å². The molecule has 3 saturated heterocycles. The average Bonchev–Trinajstić information content (AvgIpc) is 2.17. The number of nitrogens with two attached hydrogens (primary N) is 1. The summed E-state index contributed by atoms with van der Waals surface area (Å²) in [4.78, 5) is 78.3. The minimum absolute atomic E-state index is 0. The van der Waals surface area contributed by atoms with Crippen LogP contribution in [0.2, 0.25) is 0 Å². The summed E-state index contributed by atoms with van der Waals surface area (Å²) in [5, 5.41) is 24.9. The van der Waals surface area contributed by atoms with E-state index in [-0.39, 0.29) is 56.9 Å². The molecule has 0 unspecified atom stereocenters. The molecule has 6 atom stereocenters. The van der Waals surface area contributed by atoms with Crippen LogP contribution >= 0.6 is 0 Å². The zero-order chi connectivity index (χ0) is 61.7. The number of likely N-dealkylation sites (tertiary alicyclic amines) is 2. The van der Waals surface area contributed by atoms with E-state index in [0.29, 0.717) is 43.6 Å². The fraction of sp³-hybridized carbons (Fsp3) is 0.306. The molecule has 3 aliphatic heterocycles. The van der Waals surface area contributed by atoms with Crippen molar-refractivity contribution < 1.29 is 38.6 Å². The van der Waals surface area contributed by atoms with Crippen LogP contribution in [0.25, 0.3) is 32.3 Å². The Bertz CT molecular complexity index is 3810. The molecule has 12 rings (SSSR count). The van der Waals surface area contributed by atoms with E-state index in [1.54, 1.807) is 44.3 Å². The van der Waals surface area contributed by atoms with Crippen LogP contribution in [-0.4, -0.2) is 110 Å². The van der Waals surface area contributed by atoms with Crippen LogP contribution in [0, 0.1) is 17.8 Å². The topological polar surface area (TPSA) is 231 Å². The van der Waals surface area contributed by atoms with Crippen molar-refractivity contribution in [2.45, 2.75) is 85.4 Å². The van der Waals surface area contributed by atoms with E-state index in [4.69, 9.17) is 15.2 Å². The first-order valence-corrected chi connectivity index (χ1v) is 29.2. The van der Waals surface area contributed by atoms with Crippen molar-refractivity contribution in [1.82, 2.24) is 30.1 Å². The third-order valence-electron chi connectivity index (χ3n) is 15.4. The molecule has 6 N–H and O–H groups in total. The third kappa shape index (κ3) is 17.5. The number of aromatic nitrogens is 3. The lowest BCUT2D eigenvalue weighted by atomic mass is 9.88. The number of anilines is 3. The first-order chi connectivity index (χ1) is 41.8. The number of hydrogen-bond donors (Lipinski definition) is 5. The summed E-state index contributed by atoms with van der Waals surface area (Å²) in [6.45, 7) is 13.7. The second-order valence-corrected chi connectivity index (χ2v) is 23.8. The largest absolute Gasteiger partial charge is 0.481 e. The summed E-state index contributed by atoms with van der Waals surface area (Å²) >= 11 is 0. The molecule has 0 bridgehead atoms. The highest BCUT2D eigenvalue weighted by Crippen LogP contribution is 2.37. The summed E-state index contributed by atoms with van der Waals surface area (Å²) < 4.78 is 10.9. The average molecular weight is 1200 g/mol. The number of nitrogens with one attached hydrogen (secondary N) is 3. The number of amides is 4. The second-order valence-electron chi connectivity index (χ2n) is 23.8. The fourth-order valence-electron chi connectivity index (χ4n) is 11.2. The molecule has 3 aromatic heterocycles. The highest BCUT2D eigenvalue weighted by atomic mass is 16.6. The lowest BCUT2D eigenvalue weighted by Crippen LogP contribution is -2.36. The lowest BCUT2D eigenvalue weighted by molar-refractivity contribution is -0.141. The Hall–Kier alpha value is -9.74. The molecular formula is C72H83N9O8. The van der Waals surface area contributed by atoms with Gasteiger partial charge in [0, 0.05) is 91.8 Å². The Balaban J connectivity index is 0.000000176. The number of pyridine rings is 3. The fourth-order valence-corrected chi connectivity index (χ4v) is 11.2. The molecule has 89 heavy (non-hydrogen) atoms. The molecule has 0 saturated carbocycles. The highest BCUT2D eigenvalue weighted by molar-refractivity contribution is 6.03. The van der Waals surface area contributed by atoms with Gasteiger partial charge in [0.1, 0.15) is 28.7 Å². The summed E-state index contributed by atoms with van der Waals surface area (Å²) in [5.41, 5.74) is 7.64. The number of carbonyl (C=O) groups excluding carboxylic acids is 4. The molecule has 4 amide bonds. The number of benzene rings is 6. The van der Waals surface area contributed by atoms with Gasteiger partial charge in [-0.2, -0.15) is 0 Å². The summed E-state index contributed by atoms with van der Waals surface area (Å²) in [7, 11) is 0. The van der Waals surface area contributed by atoms with Gasteiger partial charge in [-0.15, -0.1) is 0 Å². The number of carboxylic acids is 1. The van der Waals surface area contributed by atoms with Crippen LogP contribution in [0.15, 0.2) is 201 Å². The molecule has 6 aromatic carbocycles. The molecule has 17 nitrogen and oxygen atoms in total. The molecule has 0 spiro atoms. The van der Waals surface area contributed by atoms with E-state index in [0.717, 1.165) is 50.0 Å². The zero-order valence-electron chi connectivity index (χ0n) is 49.9. The summed E-state index contributed by atoms with van der Waals surface area (Å²) in [6, 6.07) is 59.0. The number of carboxylic acid groups (broad SMARTS) is 1. The van der Waals surface area contributed by atoms with E-state index in [1.165, 1.54) is 10.5 Å². The van der Waals surface area contributed by atoms with Crippen molar-refractivity contribution in [2.24, 2.45) is 17.8 Å². The van der Waals surface area contributed by atoms with Gasteiger partial charge >= 0.3 is 18.2 Å². The van der Waals surface area contributed by atoms with E-state index < -0.39 is 41.2 Å². The highest BCUT2D eigenvalue weighted by Gasteiger charge is 2.43. The van der Waals surface area contributed by atoms with Crippen molar-refractivity contribution in [2.75, 3.05) is 55.6 Å². The van der Waals surface area contributed by atoms with Crippen molar-refractivity contribution in [1.29, 1.82) is 0 Å². The Morgan fingerprint density at radius 1 is 0.461 bits per heavy atom. The predicted octanol–water partition coefficient (Wildman–Crippen LogP) is 13.8. The van der Waals surface area contributed by atoms with Gasteiger partial charge in [0.15, 0.2) is 0 Å². The molecule has 3 aliphatic rings. The normalized spacial score (nSPS) is 18.4. The van der Waals surface area contributed by atoms with Gasteiger partial charge in [-0.3, -0.25) is 14.4 Å². The number of ether oxygens (including phenoxy) is 2. The van der Waals surface area contributed by atoms with Crippen molar-refractivity contribution >= 4 is 79.7 Å². The molecule has 3 fully saturated rings. The maximum absolute atomic E-state index is 13.4. The summed E-state index contributed by atoms with van der Waals surface area (Å²) in [5.74, 6) is -0.452. The van der Waals surface area contributed by atoms with Crippen LogP contribution in [0.1, 0.15) is 90.8 Å². The van der Waals surface area contributed by atoms with Crippen LogP contribution < -0.4 is 21.7 Å². The van der Waals surface area contributed by atoms with Crippen LogP contribution in [-0.2, 0) is 23.9 Å². The molecule has 9 aromatic rings. The SMILES string of the molecule is C.C.CC(C)(C)OC(=O)N1C[C@@H](C(=O)Nc2nccc3ccccc23)[C@H](c2ccccc2)C1.CC(C)(C)OC(=O)N1C[C@@H](C(=O)O)[C@H](c2ccccc2)C1.Nc1nccc2ccccc12.O=C(Nc1nccc2ccccc12)[C@@H]1CNC[C@H]1c1ccccc1. The smallest absolute Gasteiger partial charge is 0.410 e. The zero-order valence-corrected chi connectivity index (χ0v) is 49.9. The maximum Gasteiger partial charge on any atom is 0.410 e. The Morgan fingerprint density at radius 2 is 0.820 bits per heavy atom. The van der Waals surface area contributed by atoms with Crippen molar-refractivity contribution in [3.05, 3.63) is 217 Å². The number of nitrogen functional groups attached to an aromatic ring is 1. The van der Waals surface area contributed by atoms with Crippen molar-refractivity contribution in [3.63, 3.8) is 0 Å². The summed E-state index contributed by atoms with van der Waals surface area (Å²) in [6.07, 6.45) is 4.30. The number of aliphatic carboxylic acids is 1. The number of fused-ring (bicyclic) bond motifs is 3. The van der Waals surface area contributed by atoms with E-state index in [2.05, 4.69) is 43.0 Å². The molecule has 6 heterocycles. The van der Waals surface area contributed by atoms with Gasteiger partial charge in [0.05, 0.1) is 17.8 Å².